The average molecular weight is 295 g/mol. The van der Waals surface area contributed by atoms with Crippen LogP contribution in [0.1, 0.15) is 18.9 Å². The zero-order chi connectivity index (χ0) is 14.7. The van der Waals surface area contributed by atoms with Gasteiger partial charge in [-0.2, -0.15) is 0 Å². The minimum absolute atomic E-state index is 0.0447. The van der Waals surface area contributed by atoms with Crippen molar-refractivity contribution in [2.24, 2.45) is 0 Å². The summed E-state index contributed by atoms with van der Waals surface area (Å²) in [6.07, 6.45) is 5.19. The van der Waals surface area contributed by atoms with E-state index in [0.29, 0.717) is 17.1 Å². The van der Waals surface area contributed by atoms with Crippen molar-refractivity contribution in [2.75, 3.05) is 5.73 Å². The molecule has 0 aromatic carbocycles. The number of hydrogen-bond donors (Lipinski definition) is 1. The minimum atomic E-state index is -0.504. The number of anilines is 1. The van der Waals surface area contributed by atoms with Crippen LogP contribution in [0.3, 0.4) is 0 Å². The Morgan fingerprint density at radius 2 is 2.15 bits per heavy atom. The molecule has 6 nitrogen and oxygen atoms in total. The zero-order valence-corrected chi connectivity index (χ0v) is 11.8. The van der Waals surface area contributed by atoms with Crippen LogP contribution in [0.15, 0.2) is 34.2 Å². The molecule has 2 N–H and O–H groups in total. The molecule has 0 radical (unpaired) electrons. The summed E-state index contributed by atoms with van der Waals surface area (Å²) in [6, 6.07) is 1.67. The quantitative estimate of drug-likeness (QED) is 0.915. The number of nitrogens with zero attached hydrogens (tertiary/aromatic N) is 3. The van der Waals surface area contributed by atoms with Crippen LogP contribution in [0.5, 0.6) is 0 Å². The lowest BCUT2D eigenvalue weighted by molar-refractivity contribution is 0.573. The van der Waals surface area contributed by atoms with Gasteiger partial charge in [0.15, 0.2) is 0 Å². The summed E-state index contributed by atoms with van der Waals surface area (Å²) < 4.78 is 2.53. The molecule has 0 unspecified atom stereocenters. The van der Waals surface area contributed by atoms with Crippen molar-refractivity contribution < 1.29 is 0 Å². The van der Waals surface area contributed by atoms with E-state index in [1.54, 1.807) is 12.3 Å². The Hall–Kier alpha value is -2.08. The molecule has 0 bridgehead atoms. The van der Waals surface area contributed by atoms with Crippen LogP contribution in [-0.2, 0) is 13.1 Å². The van der Waals surface area contributed by atoms with Gasteiger partial charge in [-0.25, -0.2) is 4.79 Å². The zero-order valence-electron chi connectivity index (χ0n) is 11.0. The molecular weight excluding hydrogens is 280 g/mol. The summed E-state index contributed by atoms with van der Waals surface area (Å²) >= 11 is 6.00. The molecule has 0 spiro atoms. The average Bonchev–Trinajstić information content (AvgIpc) is 2.43. The van der Waals surface area contributed by atoms with Crippen molar-refractivity contribution in [3.63, 3.8) is 0 Å². The predicted octanol–water partition coefficient (Wildman–Crippen LogP) is 1.10. The van der Waals surface area contributed by atoms with Gasteiger partial charge in [-0.3, -0.25) is 18.9 Å². The summed E-state index contributed by atoms with van der Waals surface area (Å²) in [6.45, 7) is 2.53. The Labute approximate surface area is 120 Å². The Bertz CT molecular complexity index is 736. The molecule has 0 atom stereocenters. The summed E-state index contributed by atoms with van der Waals surface area (Å²) in [7, 11) is 0. The van der Waals surface area contributed by atoms with Gasteiger partial charge < -0.3 is 5.73 Å². The van der Waals surface area contributed by atoms with E-state index < -0.39 is 5.56 Å². The molecule has 0 saturated carbocycles. The summed E-state index contributed by atoms with van der Waals surface area (Å²) in [5.41, 5.74) is 5.47. The van der Waals surface area contributed by atoms with E-state index in [4.69, 9.17) is 17.3 Å². The second kappa shape index (κ2) is 5.92. The number of aromatic nitrogens is 3. The maximum absolute atomic E-state index is 12.3. The monoisotopic (exact) mass is 294 g/mol. The van der Waals surface area contributed by atoms with Crippen LogP contribution in [0, 0.1) is 0 Å². The van der Waals surface area contributed by atoms with Crippen LogP contribution in [0.25, 0.3) is 0 Å². The smallest absolute Gasteiger partial charge is 0.331 e. The van der Waals surface area contributed by atoms with Gasteiger partial charge in [-0.1, -0.05) is 18.5 Å². The maximum Gasteiger partial charge on any atom is 0.331 e. The van der Waals surface area contributed by atoms with Gasteiger partial charge in [0.25, 0.3) is 5.56 Å². The third kappa shape index (κ3) is 2.75. The van der Waals surface area contributed by atoms with Gasteiger partial charge >= 0.3 is 5.69 Å². The van der Waals surface area contributed by atoms with Crippen LogP contribution in [-0.4, -0.2) is 14.1 Å². The second-order valence-electron chi connectivity index (χ2n) is 4.42. The third-order valence-electron chi connectivity index (χ3n) is 2.91. The Kier molecular flexibility index (Phi) is 4.24. The van der Waals surface area contributed by atoms with Gasteiger partial charge in [-0.05, 0) is 18.1 Å². The molecule has 0 saturated heterocycles. The summed E-state index contributed by atoms with van der Waals surface area (Å²) in [4.78, 5) is 28.2. The number of pyridine rings is 1. The van der Waals surface area contributed by atoms with Crippen molar-refractivity contribution in [3.8, 4) is 0 Å². The molecule has 0 aliphatic carbocycles. The highest BCUT2D eigenvalue weighted by Gasteiger charge is 2.11. The number of aryl methyl sites for hydroxylation is 1. The predicted molar refractivity (Wildman–Crippen MR) is 78.0 cm³/mol. The fraction of sp³-hybridized carbons (Fsp3) is 0.308. The molecule has 106 valence electrons. The number of hydrogen-bond acceptors (Lipinski definition) is 4. The van der Waals surface area contributed by atoms with Gasteiger partial charge in [0.05, 0.1) is 11.6 Å². The topological polar surface area (TPSA) is 82.9 Å². The largest absolute Gasteiger partial charge is 0.393 e. The Morgan fingerprint density at radius 1 is 1.40 bits per heavy atom. The van der Waals surface area contributed by atoms with Crippen LogP contribution in [0.2, 0.25) is 5.02 Å². The SMILES string of the molecule is CCCn1cc(N)c(=O)n(Cc2ccncc2Cl)c1=O. The summed E-state index contributed by atoms with van der Waals surface area (Å²) in [5.74, 6) is 0. The molecule has 0 aliphatic rings. The van der Waals surface area contributed by atoms with Gasteiger partial charge in [0.2, 0.25) is 0 Å². The number of halogens is 1. The van der Waals surface area contributed by atoms with Crippen LogP contribution < -0.4 is 17.0 Å². The normalized spacial score (nSPS) is 10.7. The van der Waals surface area contributed by atoms with Crippen LogP contribution in [0.4, 0.5) is 5.69 Å². The minimum Gasteiger partial charge on any atom is -0.393 e. The van der Waals surface area contributed by atoms with E-state index >= 15 is 0 Å². The second-order valence-corrected chi connectivity index (χ2v) is 4.83. The first-order valence-electron chi connectivity index (χ1n) is 6.22. The highest BCUT2D eigenvalue weighted by molar-refractivity contribution is 6.31. The molecule has 0 aliphatic heterocycles. The van der Waals surface area contributed by atoms with Gasteiger partial charge in [0.1, 0.15) is 5.69 Å². The molecule has 2 heterocycles. The molecule has 2 rings (SSSR count). The highest BCUT2D eigenvalue weighted by atomic mass is 35.5. The molecule has 2 aromatic heterocycles. The fourth-order valence-corrected chi connectivity index (χ4v) is 2.10. The molecule has 7 heteroatoms. The first kappa shape index (κ1) is 14.3. The number of rotatable bonds is 4. The third-order valence-corrected chi connectivity index (χ3v) is 3.25. The summed E-state index contributed by atoms with van der Waals surface area (Å²) in [5, 5.41) is 0.406. The molecule has 0 fully saturated rings. The standard InChI is InChI=1S/C13H15ClN4O2/c1-2-5-17-8-11(15)12(19)18(13(17)20)7-9-3-4-16-6-10(9)14/h3-4,6,8H,2,5,7,15H2,1H3. The number of nitrogens with two attached hydrogens (primary N) is 1. The molecular formula is C13H15ClN4O2. The van der Waals surface area contributed by atoms with E-state index in [1.807, 2.05) is 6.92 Å². The maximum atomic E-state index is 12.3. The lowest BCUT2D eigenvalue weighted by Crippen LogP contribution is -2.41. The first-order chi connectivity index (χ1) is 9.54. The van der Waals surface area contributed by atoms with Crippen molar-refractivity contribution >= 4 is 17.3 Å². The van der Waals surface area contributed by atoms with E-state index in [1.165, 1.54) is 17.0 Å². The van der Waals surface area contributed by atoms with E-state index in [0.717, 1.165) is 11.0 Å². The Morgan fingerprint density at radius 3 is 2.80 bits per heavy atom. The molecule has 2 aromatic rings. The number of nitrogen functional groups attached to an aromatic ring is 1. The lowest BCUT2D eigenvalue weighted by atomic mass is 10.2. The van der Waals surface area contributed by atoms with Crippen molar-refractivity contribution in [1.82, 2.24) is 14.1 Å². The van der Waals surface area contributed by atoms with E-state index in [9.17, 15) is 9.59 Å². The van der Waals surface area contributed by atoms with E-state index in [-0.39, 0.29) is 17.9 Å². The van der Waals surface area contributed by atoms with Crippen molar-refractivity contribution in [2.45, 2.75) is 26.4 Å². The van der Waals surface area contributed by atoms with Crippen molar-refractivity contribution in [1.29, 1.82) is 0 Å². The van der Waals surface area contributed by atoms with Crippen LogP contribution >= 0.6 is 11.6 Å². The van der Waals surface area contributed by atoms with E-state index in [2.05, 4.69) is 4.98 Å². The Balaban J connectivity index is 2.54. The van der Waals surface area contributed by atoms with Crippen molar-refractivity contribution in [3.05, 3.63) is 56.1 Å². The first-order valence-corrected chi connectivity index (χ1v) is 6.60. The lowest BCUT2D eigenvalue weighted by Gasteiger charge is -2.11. The van der Waals surface area contributed by atoms with Gasteiger partial charge in [-0.15, -0.1) is 0 Å². The van der Waals surface area contributed by atoms with Gasteiger partial charge in [0, 0.05) is 25.1 Å². The molecule has 20 heavy (non-hydrogen) atoms. The molecule has 0 amide bonds. The highest BCUT2D eigenvalue weighted by Crippen LogP contribution is 2.13. The fourth-order valence-electron chi connectivity index (χ4n) is 1.92.